The average molecular weight is 443 g/mol. The molecule has 21 heavy (non-hydrogen) atoms. The number of halogens is 1. The maximum absolute atomic E-state index is 11.7. The van der Waals surface area contributed by atoms with Crippen LogP contribution in [0.15, 0.2) is 21.3 Å². The molecule has 0 saturated heterocycles. The van der Waals surface area contributed by atoms with Crippen LogP contribution in [0.1, 0.15) is 37.5 Å². The van der Waals surface area contributed by atoms with E-state index in [4.69, 9.17) is 5.73 Å². The van der Waals surface area contributed by atoms with Crippen molar-refractivity contribution < 1.29 is 8.42 Å². The fourth-order valence-electron chi connectivity index (χ4n) is 2.24. The summed E-state index contributed by atoms with van der Waals surface area (Å²) in [6.07, 6.45) is 4.78. The first-order chi connectivity index (χ1) is 9.51. The van der Waals surface area contributed by atoms with Gasteiger partial charge in [0.1, 0.15) is 4.21 Å². The first-order valence-electron chi connectivity index (χ1n) is 6.89. The molecule has 2 rings (SSSR count). The van der Waals surface area contributed by atoms with Crippen LogP contribution < -0.4 is 11.1 Å². The van der Waals surface area contributed by atoms with Crippen molar-refractivity contribution in [2.45, 2.75) is 49.4 Å². The summed E-state index contributed by atoms with van der Waals surface area (Å²) in [5, 5.41) is 3.21. The topological polar surface area (TPSA) is 84.5 Å². The number of aliphatic imine (C=N–C) groups is 1. The Kier molecular flexibility index (Phi) is 7.41. The summed E-state index contributed by atoms with van der Waals surface area (Å²) in [5.74, 6) is 0.576. The van der Waals surface area contributed by atoms with E-state index in [1.165, 1.54) is 24.2 Å². The molecule has 8 heteroatoms. The van der Waals surface area contributed by atoms with Crippen LogP contribution in [0.4, 0.5) is 0 Å². The van der Waals surface area contributed by atoms with Gasteiger partial charge in [0.05, 0.1) is 12.3 Å². The van der Waals surface area contributed by atoms with Gasteiger partial charge in [-0.2, -0.15) is 0 Å². The largest absolute Gasteiger partial charge is 0.370 e. The highest BCUT2D eigenvalue weighted by Gasteiger charge is 2.16. The van der Waals surface area contributed by atoms with E-state index >= 15 is 0 Å². The van der Waals surface area contributed by atoms with Crippen LogP contribution in [-0.4, -0.2) is 26.2 Å². The standard InChI is InChI=1S/C13H21N3O2S2.HI/c1-2-20(17,18)12-8-7-11(19-12)9-15-13(14)16-10-5-3-4-6-10;/h7-8,10H,2-6,9H2,1H3,(H3,14,15,16);1H. The number of nitrogens with zero attached hydrogens (tertiary/aromatic N) is 1. The summed E-state index contributed by atoms with van der Waals surface area (Å²) >= 11 is 1.27. The zero-order valence-electron chi connectivity index (χ0n) is 12.0. The van der Waals surface area contributed by atoms with Crippen LogP contribution in [0, 0.1) is 0 Å². The average Bonchev–Trinajstić information content (AvgIpc) is 3.07. The maximum Gasteiger partial charge on any atom is 0.189 e. The quantitative estimate of drug-likeness (QED) is 0.416. The third kappa shape index (κ3) is 5.41. The van der Waals surface area contributed by atoms with Gasteiger partial charge in [-0.3, -0.25) is 0 Å². The Bertz CT molecular complexity index is 578. The first kappa shape index (κ1) is 18.7. The Balaban J connectivity index is 0.00000220. The van der Waals surface area contributed by atoms with Crippen LogP contribution in [0.25, 0.3) is 0 Å². The van der Waals surface area contributed by atoms with E-state index in [1.54, 1.807) is 19.1 Å². The van der Waals surface area contributed by atoms with Crippen molar-refractivity contribution in [3.63, 3.8) is 0 Å². The predicted octanol–water partition coefficient (Wildman–Crippen LogP) is 2.51. The normalized spacial score (nSPS) is 16.7. The van der Waals surface area contributed by atoms with Gasteiger partial charge in [0.15, 0.2) is 15.8 Å². The number of nitrogens with one attached hydrogen (secondary N) is 1. The molecular weight excluding hydrogens is 421 g/mol. The Labute approximate surface area is 147 Å². The first-order valence-corrected chi connectivity index (χ1v) is 9.36. The third-order valence-electron chi connectivity index (χ3n) is 3.44. The lowest BCUT2D eigenvalue weighted by Crippen LogP contribution is -2.38. The van der Waals surface area contributed by atoms with Crippen LogP contribution >= 0.6 is 35.3 Å². The van der Waals surface area contributed by atoms with Crippen LogP contribution in [0.5, 0.6) is 0 Å². The van der Waals surface area contributed by atoms with Gasteiger partial charge < -0.3 is 11.1 Å². The molecule has 1 saturated carbocycles. The Morgan fingerprint density at radius 3 is 2.71 bits per heavy atom. The van der Waals surface area contributed by atoms with E-state index in [9.17, 15) is 8.42 Å². The molecule has 1 aromatic heterocycles. The molecule has 0 unspecified atom stereocenters. The van der Waals surface area contributed by atoms with Gasteiger partial charge >= 0.3 is 0 Å². The highest BCUT2D eigenvalue weighted by atomic mass is 127. The lowest BCUT2D eigenvalue weighted by Gasteiger charge is -2.11. The third-order valence-corrected chi connectivity index (χ3v) is 6.82. The molecule has 3 N–H and O–H groups in total. The number of hydrogen-bond donors (Lipinski definition) is 2. The number of thiophene rings is 1. The minimum absolute atomic E-state index is 0. The van der Waals surface area contributed by atoms with E-state index in [0.717, 1.165) is 17.7 Å². The fourth-order valence-corrected chi connectivity index (χ4v) is 4.64. The summed E-state index contributed by atoms with van der Waals surface area (Å²) in [6.45, 7) is 2.08. The van der Waals surface area contributed by atoms with Crippen molar-refractivity contribution in [2.24, 2.45) is 10.7 Å². The van der Waals surface area contributed by atoms with Gasteiger partial charge in [-0.15, -0.1) is 35.3 Å². The summed E-state index contributed by atoms with van der Waals surface area (Å²) in [7, 11) is -3.11. The van der Waals surface area contributed by atoms with Crippen molar-refractivity contribution in [2.75, 3.05) is 5.75 Å². The minimum Gasteiger partial charge on any atom is -0.370 e. The van der Waals surface area contributed by atoms with Crippen molar-refractivity contribution >= 4 is 51.1 Å². The molecule has 1 fully saturated rings. The molecule has 0 radical (unpaired) electrons. The van der Waals surface area contributed by atoms with E-state index in [2.05, 4.69) is 10.3 Å². The number of hydrogen-bond acceptors (Lipinski definition) is 4. The molecular formula is C13H22IN3O2S2. The molecule has 120 valence electrons. The van der Waals surface area contributed by atoms with Crippen LogP contribution in [-0.2, 0) is 16.4 Å². The van der Waals surface area contributed by atoms with Gasteiger partial charge in [-0.05, 0) is 25.0 Å². The highest BCUT2D eigenvalue weighted by molar-refractivity contribution is 14.0. The zero-order valence-corrected chi connectivity index (χ0v) is 16.0. The molecule has 1 aliphatic carbocycles. The summed E-state index contributed by atoms with van der Waals surface area (Å²) in [6, 6.07) is 3.90. The molecule has 1 heterocycles. The van der Waals surface area contributed by atoms with E-state index in [1.807, 2.05) is 0 Å². The molecule has 0 atom stereocenters. The molecule has 0 aromatic carbocycles. The molecule has 0 amide bonds. The predicted molar refractivity (Wildman–Crippen MR) is 98.2 cm³/mol. The monoisotopic (exact) mass is 443 g/mol. The lowest BCUT2D eigenvalue weighted by molar-refractivity contribution is 0.599. The molecule has 1 aliphatic rings. The zero-order chi connectivity index (χ0) is 14.6. The smallest absolute Gasteiger partial charge is 0.189 e. The van der Waals surface area contributed by atoms with Crippen LogP contribution in [0.3, 0.4) is 0 Å². The van der Waals surface area contributed by atoms with Gasteiger partial charge in [-0.1, -0.05) is 19.8 Å². The Morgan fingerprint density at radius 1 is 1.43 bits per heavy atom. The molecule has 0 spiro atoms. The van der Waals surface area contributed by atoms with Crippen molar-refractivity contribution in [1.82, 2.24) is 5.32 Å². The number of guanidine groups is 1. The van der Waals surface area contributed by atoms with Crippen molar-refractivity contribution in [1.29, 1.82) is 0 Å². The van der Waals surface area contributed by atoms with E-state index < -0.39 is 9.84 Å². The summed E-state index contributed by atoms with van der Waals surface area (Å²) < 4.78 is 23.8. The second kappa shape index (κ2) is 8.33. The summed E-state index contributed by atoms with van der Waals surface area (Å²) in [5.41, 5.74) is 5.85. The number of rotatable bonds is 5. The van der Waals surface area contributed by atoms with Crippen molar-refractivity contribution in [3.05, 3.63) is 17.0 Å². The summed E-state index contributed by atoms with van der Waals surface area (Å²) in [4.78, 5) is 5.19. The van der Waals surface area contributed by atoms with Crippen molar-refractivity contribution in [3.8, 4) is 0 Å². The fraction of sp³-hybridized carbons (Fsp3) is 0.615. The maximum atomic E-state index is 11.7. The molecule has 0 aliphatic heterocycles. The van der Waals surface area contributed by atoms with Gasteiger partial charge in [0, 0.05) is 10.9 Å². The second-order valence-electron chi connectivity index (χ2n) is 4.95. The van der Waals surface area contributed by atoms with Gasteiger partial charge in [-0.25, -0.2) is 13.4 Å². The number of sulfone groups is 1. The molecule has 0 bridgehead atoms. The van der Waals surface area contributed by atoms with E-state index in [-0.39, 0.29) is 29.7 Å². The van der Waals surface area contributed by atoms with Gasteiger partial charge in [0.2, 0.25) is 0 Å². The highest BCUT2D eigenvalue weighted by Crippen LogP contribution is 2.23. The van der Waals surface area contributed by atoms with E-state index in [0.29, 0.717) is 22.8 Å². The minimum atomic E-state index is -3.11. The molecule has 1 aromatic rings. The lowest BCUT2D eigenvalue weighted by atomic mass is 10.2. The Morgan fingerprint density at radius 2 is 2.10 bits per heavy atom. The van der Waals surface area contributed by atoms with Crippen LogP contribution in [0.2, 0.25) is 0 Å². The SMILES string of the molecule is CCS(=O)(=O)c1ccc(CN=C(N)NC2CCCC2)s1.I. The number of nitrogens with two attached hydrogens (primary N) is 1. The second-order valence-corrected chi connectivity index (χ2v) is 8.62. The molecule has 5 nitrogen and oxygen atoms in total. The van der Waals surface area contributed by atoms with Gasteiger partial charge in [0.25, 0.3) is 0 Å². The Hall–Kier alpha value is -0.350.